The van der Waals surface area contributed by atoms with Gasteiger partial charge in [-0.05, 0) is 142 Å². The smallest absolute Gasteiger partial charge is 0.135 e. The predicted molar refractivity (Wildman–Crippen MR) is 252 cm³/mol. The Morgan fingerprint density at radius 3 is 1.45 bits per heavy atom. The van der Waals surface area contributed by atoms with Crippen LogP contribution >= 0.6 is 0 Å². The number of fused-ring (bicyclic) bond motifs is 6. The van der Waals surface area contributed by atoms with E-state index in [0.29, 0.717) is 0 Å². The van der Waals surface area contributed by atoms with Crippen molar-refractivity contribution in [3.05, 3.63) is 230 Å². The van der Waals surface area contributed by atoms with Gasteiger partial charge in [0.25, 0.3) is 0 Å². The molecule has 60 heavy (non-hydrogen) atoms. The van der Waals surface area contributed by atoms with Crippen molar-refractivity contribution in [2.45, 2.75) is 19.3 Å². The van der Waals surface area contributed by atoms with Crippen molar-refractivity contribution < 1.29 is 4.42 Å². The third kappa shape index (κ3) is 6.06. The van der Waals surface area contributed by atoms with Crippen molar-refractivity contribution in [3.8, 4) is 33.4 Å². The third-order valence-corrected chi connectivity index (χ3v) is 12.2. The maximum Gasteiger partial charge on any atom is 0.135 e. The summed E-state index contributed by atoms with van der Waals surface area (Å²) in [7, 11) is 0. The molecule has 1 aromatic heterocycles. The molecule has 0 aliphatic heterocycles. The third-order valence-electron chi connectivity index (χ3n) is 12.2. The Kier molecular flexibility index (Phi) is 8.49. The van der Waals surface area contributed by atoms with Crippen LogP contribution in [-0.2, 0) is 5.41 Å². The number of anilines is 6. The highest BCUT2D eigenvalue weighted by Crippen LogP contribution is 2.52. The Morgan fingerprint density at radius 1 is 0.317 bits per heavy atom. The van der Waals surface area contributed by atoms with Crippen LogP contribution in [-0.4, -0.2) is 0 Å². The number of nitrogens with zero attached hydrogens (tertiary/aromatic N) is 2. The van der Waals surface area contributed by atoms with E-state index in [1.165, 1.54) is 44.5 Å². The minimum Gasteiger partial charge on any atom is -0.456 e. The zero-order valence-corrected chi connectivity index (χ0v) is 33.6. The van der Waals surface area contributed by atoms with Crippen LogP contribution < -0.4 is 9.80 Å². The van der Waals surface area contributed by atoms with Crippen LogP contribution in [0.1, 0.15) is 25.0 Å². The van der Waals surface area contributed by atoms with Gasteiger partial charge < -0.3 is 14.2 Å². The van der Waals surface area contributed by atoms with Crippen LogP contribution in [0.2, 0.25) is 0 Å². The van der Waals surface area contributed by atoms with Crippen molar-refractivity contribution in [1.29, 1.82) is 0 Å². The molecule has 1 aliphatic carbocycles. The first-order valence-electron chi connectivity index (χ1n) is 20.7. The van der Waals surface area contributed by atoms with E-state index in [1.807, 2.05) is 6.07 Å². The SMILES string of the molecule is CC1(C)c2ccc(-c3cccc(N(c4ccc(-c5ccccc5)cc4)c4ccc(N(c5ccccc5)c5ccccc5)cc4)c3)cc2-c2cc3c(cc21)oc1ccccc13. The Morgan fingerprint density at radius 2 is 0.783 bits per heavy atom. The minimum absolute atomic E-state index is 0.149. The van der Waals surface area contributed by atoms with Crippen LogP contribution in [0.15, 0.2) is 223 Å². The van der Waals surface area contributed by atoms with Gasteiger partial charge in [0.15, 0.2) is 0 Å². The monoisotopic (exact) mass is 770 g/mol. The number of hydrogen-bond donors (Lipinski definition) is 0. The second-order valence-corrected chi connectivity index (χ2v) is 16.2. The molecule has 0 saturated carbocycles. The Labute approximate surface area is 351 Å². The highest BCUT2D eigenvalue weighted by atomic mass is 16.3. The van der Waals surface area contributed by atoms with Crippen LogP contribution in [0.4, 0.5) is 34.1 Å². The molecule has 10 aromatic rings. The first-order valence-corrected chi connectivity index (χ1v) is 20.7. The second-order valence-electron chi connectivity index (χ2n) is 16.2. The Hall–Kier alpha value is -7.62. The summed E-state index contributed by atoms with van der Waals surface area (Å²) in [6.07, 6.45) is 0. The van der Waals surface area contributed by atoms with Gasteiger partial charge in [0.1, 0.15) is 11.2 Å². The van der Waals surface area contributed by atoms with Gasteiger partial charge in [0.2, 0.25) is 0 Å². The lowest BCUT2D eigenvalue weighted by Gasteiger charge is -2.28. The van der Waals surface area contributed by atoms with Crippen molar-refractivity contribution in [1.82, 2.24) is 0 Å². The normalized spacial score (nSPS) is 12.6. The fourth-order valence-electron chi connectivity index (χ4n) is 9.21. The second kappa shape index (κ2) is 14.3. The molecule has 3 nitrogen and oxygen atoms in total. The van der Waals surface area contributed by atoms with Crippen LogP contribution in [0, 0.1) is 0 Å². The molecule has 0 radical (unpaired) electrons. The standard InChI is InChI=1S/C57H42N2O/c1-57(2)53-34-27-42(36-50(53)51-37-52-49-23-12-13-24-55(49)60-56(52)38-54(51)57)41-17-14-22-48(35-41)59(45-28-25-40(26-29-45)39-15-6-3-7-16-39)47-32-30-46(31-33-47)58(43-18-8-4-9-19-43)44-20-10-5-11-21-44/h3-38H,1-2H3. The summed E-state index contributed by atoms with van der Waals surface area (Å²) >= 11 is 0. The number of benzene rings is 9. The zero-order valence-electron chi connectivity index (χ0n) is 33.6. The molecule has 0 amide bonds. The van der Waals surface area contributed by atoms with E-state index in [9.17, 15) is 0 Å². The summed E-state index contributed by atoms with van der Waals surface area (Å²) in [4.78, 5) is 4.67. The van der Waals surface area contributed by atoms with Gasteiger partial charge in [-0.2, -0.15) is 0 Å². The number of hydrogen-bond acceptors (Lipinski definition) is 3. The fraction of sp³-hybridized carbons (Fsp3) is 0.0526. The zero-order chi connectivity index (χ0) is 40.2. The number of rotatable bonds is 8. The van der Waals surface area contributed by atoms with Crippen molar-refractivity contribution >= 4 is 56.1 Å². The van der Waals surface area contributed by atoms with Gasteiger partial charge in [0, 0.05) is 50.3 Å². The quantitative estimate of drug-likeness (QED) is 0.153. The molecule has 286 valence electrons. The van der Waals surface area contributed by atoms with Gasteiger partial charge in [-0.15, -0.1) is 0 Å². The largest absolute Gasteiger partial charge is 0.456 e. The summed E-state index contributed by atoms with van der Waals surface area (Å²) in [6, 6.07) is 78.5. The minimum atomic E-state index is -0.149. The first kappa shape index (κ1) is 35.5. The molecule has 9 aromatic carbocycles. The summed E-state index contributed by atoms with van der Waals surface area (Å²) < 4.78 is 6.35. The highest BCUT2D eigenvalue weighted by Gasteiger charge is 2.36. The molecule has 3 heteroatoms. The van der Waals surface area contributed by atoms with Gasteiger partial charge in [-0.25, -0.2) is 0 Å². The molecule has 0 saturated heterocycles. The molecule has 0 bridgehead atoms. The fourth-order valence-corrected chi connectivity index (χ4v) is 9.21. The van der Waals surface area contributed by atoms with Crippen molar-refractivity contribution in [2.75, 3.05) is 9.80 Å². The maximum atomic E-state index is 6.35. The molecule has 1 heterocycles. The van der Waals surface area contributed by atoms with Gasteiger partial charge >= 0.3 is 0 Å². The molecule has 0 spiro atoms. The van der Waals surface area contributed by atoms with Crippen LogP contribution in [0.25, 0.3) is 55.3 Å². The molecule has 0 unspecified atom stereocenters. The highest BCUT2D eigenvalue weighted by molar-refractivity contribution is 6.08. The lowest BCUT2D eigenvalue weighted by atomic mass is 9.82. The van der Waals surface area contributed by atoms with Gasteiger partial charge in [-0.3, -0.25) is 0 Å². The molecule has 0 fully saturated rings. The Bertz CT molecular complexity index is 3110. The van der Waals surface area contributed by atoms with E-state index in [0.717, 1.165) is 56.1 Å². The number of furan rings is 1. The molecule has 0 N–H and O–H groups in total. The van der Waals surface area contributed by atoms with E-state index in [1.54, 1.807) is 0 Å². The van der Waals surface area contributed by atoms with Crippen LogP contribution in [0.5, 0.6) is 0 Å². The van der Waals surface area contributed by atoms with Crippen molar-refractivity contribution in [3.63, 3.8) is 0 Å². The van der Waals surface area contributed by atoms with E-state index in [-0.39, 0.29) is 5.41 Å². The van der Waals surface area contributed by atoms with E-state index < -0.39 is 0 Å². The van der Waals surface area contributed by atoms with Gasteiger partial charge in [0.05, 0.1) is 0 Å². The molecule has 11 rings (SSSR count). The summed E-state index contributed by atoms with van der Waals surface area (Å²) in [6.45, 7) is 4.66. The molecule has 1 aliphatic rings. The van der Waals surface area contributed by atoms with E-state index in [4.69, 9.17) is 4.42 Å². The topological polar surface area (TPSA) is 19.6 Å². The average molecular weight is 771 g/mol. The van der Waals surface area contributed by atoms with E-state index in [2.05, 4.69) is 236 Å². The van der Waals surface area contributed by atoms with E-state index >= 15 is 0 Å². The Balaban J connectivity index is 1.01. The molecule has 0 atom stereocenters. The predicted octanol–water partition coefficient (Wildman–Crippen LogP) is 16.2. The average Bonchev–Trinajstić information content (AvgIpc) is 3.78. The van der Waals surface area contributed by atoms with Crippen molar-refractivity contribution in [2.24, 2.45) is 0 Å². The summed E-state index contributed by atoms with van der Waals surface area (Å²) in [5.41, 5.74) is 18.2. The van der Waals surface area contributed by atoms with Gasteiger partial charge in [-0.1, -0.05) is 135 Å². The lowest BCUT2D eigenvalue weighted by molar-refractivity contribution is 0.647. The molecular weight excluding hydrogens is 729 g/mol. The summed E-state index contributed by atoms with van der Waals surface area (Å²) in [5.74, 6) is 0. The first-order chi connectivity index (χ1) is 29.5. The number of para-hydroxylation sites is 3. The summed E-state index contributed by atoms with van der Waals surface area (Å²) in [5, 5.41) is 2.32. The molecular formula is C57H42N2O. The van der Waals surface area contributed by atoms with Crippen LogP contribution in [0.3, 0.4) is 0 Å². The lowest BCUT2D eigenvalue weighted by Crippen LogP contribution is -2.14. The maximum absolute atomic E-state index is 6.35.